The van der Waals surface area contributed by atoms with Crippen molar-refractivity contribution in [1.29, 1.82) is 0 Å². The number of thiazole rings is 1. The Bertz CT molecular complexity index is 1070. The monoisotopic (exact) mass is 433 g/mol. The highest BCUT2D eigenvalue weighted by Gasteiger charge is 2.18. The van der Waals surface area contributed by atoms with Crippen LogP contribution in [0.1, 0.15) is 0 Å². The Balaban J connectivity index is 2.28. The second-order valence-corrected chi connectivity index (χ2v) is 7.39. The van der Waals surface area contributed by atoms with Gasteiger partial charge in [0.2, 0.25) is 0 Å². The molecule has 8 heteroatoms. The number of benzene rings is 2. The van der Waals surface area contributed by atoms with Gasteiger partial charge in [-0.3, -0.25) is 5.32 Å². The third kappa shape index (κ3) is 4.30. The van der Waals surface area contributed by atoms with Crippen molar-refractivity contribution in [3.63, 3.8) is 0 Å². The number of hydrogen-bond acceptors (Lipinski definition) is 4. The van der Waals surface area contributed by atoms with Crippen molar-refractivity contribution < 1.29 is 9.53 Å². The normalized spacial score (nSPS) is 11.3. The van der Waals surface area contributed by atoms with E-state index in [1.807, 2.05) is 34.9 Å². The highest BCUT2D eigenvalue weighted by Crippen LogP contribution is 2.34. The molecule has 3 aromatic rings. The number of carbonyl (C=O) groups is 1. The summed E-state index contributed by atoms with van der Waals surface area (Å²) in [6.45, 7) is 4.33. The van der Waals surface area contributed by atoms with Gasteiger partial charge in [-0.25, -0.2) is 9.79 Å². The molecule has 0 fully saturated rings. The highest BCUT2D eigenvalue weighted by atomic mass is 35.5. The predicted molar refractivity (Wildman–Crippen MR) is 116 cm³/mol. The van der Waals surface area contributed by atoms with Gasteiger partial charge in [0.05, 0.1) is 28.5 Å². The first-order chi connectivity index (χ1) is 13.5. The lowest BCUT2D eigenvalue weighted by Crippen LogP contribution is -2.15. The van der Waals surface area contributed by atoms with Crippen LogP contribution in [0.2, 0.25) is 10.0 Å². The number of anilines is 1. The Morgan fingerprint density at radius 1 is 1.25 bits per heavy atom. The maximum absolute atomic E-state index is 11.9. The van der Waals surface area contributed by atoms with Crippen molar-refractivity contribution in [1.82, 2.24) is 4.57 Å². The maximum atomic E-state index is 11.9. The third-order valence-electron chi connectivity index (χ3n) is 3.82. The standard InChI is InChI=1S/C20H17Cl2N3O2S/c1-3-12-25-17(13-8-5-4-6-9-13)18(24-20(26)27-2)28-19(25)23-15-11-7-10-14(21)16(15)22/h3-11H,1,12H2,2H3,(H,24,26). The van der Waals surface area contributed by atoms with E-state index in [1.165, 1.54) is 18.4 Å². The van der Waals surface area contributed by atoms with Gasteiger partial charge in [0.15, 0.2) is 4.80 Å². The highest BCUT2D eigenvalue weighted by molar-refractivity contribution is 7.14. The van der Waals surface area contributed by atoms with Crippen LogP contribution < -0.4 is 10.1 Å². The van der Waals surface area contributed by atoms with Gasteiger partial charge in [-0.2, -0.15) is 0 Å². The van der Waals surface area contributed by atoms with Crippen molar-refractivity contribution >= 4 is 51.3 Å². The zero-order chi connectivity index (χ0) is 20.1. The number of methoxy groups -OCH3 is 1. The van der Waals surface area contributed by atoms with Crippen LogP contribution >= 0.6 is 34.5 Å². The van der Waals surface area contributed by atoms with Crippen LogP contribution in [0.4, 0.5) is 15.5 Å². The summed E-state index contributed by atoms with van der Waals surface area (Å²) in [5.41, 5.74) is 2.26. The van der Waals surface area contributed by atoms with Crippen molar-refractivity contribution in [2.45, 2.75) is 6.54 Å². The number of halogens is 2. The molecule has 3 rings (SSSR count). The fourth-order valence-electron chi connectivity index (χ4n) is 2.59. The Morgan fingerprint density at radius 3 is 2.68 bits per heavy atom. The summed E-state index contributed by atoms with van der Waals surface area (Å²) in [6.07, 6.45) is 1.20. The lowest BCUT2D eigenvalue weighted by atomic mass is 10.1. The van der Waals surface area contributed by atoms with Crippen LogP contribution in [0.15, 0.2) is 66.2 Å². The van der Waals surface area contributed by atoms with E-state index >= 15 is 0 Å². The van der Waals surface area contributed by atoms with E-state index < -0.39 is 6.09 Å². The number of carbonyl (C=O) groups excluding carboxylic acids is 1. The molecule has 0 unspecified atom stereocenters. The number of amides is 1. The lowest BCUT2D eigenvalue weighted by molar-refractivity contribution is 0.187. The fraction of sp³-hybridized carbons (Fsp3) is 0.100. The summed E-state index contributed by atoms with van der Waals surface area (Å²) < 4.78 is 6.72. The molecule has 0 radical (unpaired) electrons. The summed E-state index contributed by atoms with van der Waals surface area (Å²) in [7, 11) is 1.32. The molecule has 5 nitrogen and oxygen atoms in total. The number of allylic oxidation sites excluding steroid dienone is 1. The minimum atomic E-state index is -0.559. The largest absolute Gasteiger partial charge is 0.453 e. The molecular weight excluding hydrogens is 417 g/mol. The van der Waals surface area contributed by atoms with E-state index in [2.05, 4.69) is 16.9 Å². The smallest absolute Gasteiger partial charge is 0.412 e. The van der Waals surface area contributed by atoms with Crippen LogP contribution in [0.25, 0.3) is 11.3 Å². The summed E-state index contributed by atoms with van der Waals surface area (Å²) in [6, 6.07) is 15.0. The first-order valence-electron chi connectivity index (χ1n) is 8.28. The van der Waals surface area contributed by atoms with Gasteiger partial charge >= 0.3 is 6.09 Å². The Labute approximate surface area is 176 Å². The Hall–Kier alpha value is -2.54. The van der Waals surface area contributed by atoms with E-state index in [0.717, 1.165) is 11.3 Å². The summed E-state index contributed by atoms with van der Waals surface area (Å²) in [5, 5.41) is 4.17. The van der Waals surface area contributed by atoms with Gasteiger partial charge in [-0.1, -0.05) is 77.0 Å². The van der Waals surface area contributed by atoms with Crippen LogP contribution in [0, 0.1) is 0 Å². The van der Waals surface area contributed by atoms with Crippen molar-refractivity contribution in [3.05, 3.63) is 76.0 Å². The Morgan fingerprint density at radius 2 is 2.00 bits per heavy atom. The third-order valence-corrected chi connectivity index (χ3v) is 5.62. The summed E-state index contributed by atoms with van der Waals surface area (Å²) in [5.74, 6) is 0. The molecule has 28 heavy (non-hydrogen) atoms. The van der Waals surface area contributed by atoms with E-state index in [9.17, 15) is 4.79 Å². The van der Waals surface area contributed by atoms with E-state index in [-0.39, 0.29) is 0 Å². The topological polar surface area (TPSA) is 55.6 Å². The average molecular weight is 434 g/mol. The van der Waals surface area contributed by atoms with Crippen molar-refractivity contribution in [2.75, 3.05) is 12.4 Å². The number of aromatic nitrogens is 1. The van der Waals surface area contributed by atoms with Gasteiger partial charge < -0.3 is 9.30 Å². The quantitative estimate of drug-likeness (QED) is 0.492. The number of ether oxygens (including phenoxy) is 1. The van der Waals surface area contributed by atoms with Crippen LogP contribution in [-0.2, 0) is 11.3 Å². The second kappa shape index (κ2) is 9.10. The molecular formula is C20H17Cl2N3O2S. The van der Waals surface area contributed by atoms with Crippen LogP contribution in [0.3, 0.4) is 0 Å². The van der Waals surface area contributed by atoms with Gasteiger partial charge in [0.25, 0.3) is 0 Å². The number of rotatable bonds is 5. The van der Waals surface area contributed by atoms with Crippen molar-refractivity contribution in [2.24, 2.45) is 4.99 Å². The molecule has 0 aliphatic rings. The predicted octanol–water partition coefficient (Wildman–Crippen LogP) is 6.12. The van der Waals surface area contributed by atoms with E-state index in [1.54, 1.807) is 24.3 Å². The van der Waals surface area contributed by atoms with Crippen molar-refractivity contribution in [3.8, 4) is 11.3 Å². The van der Waals surface area contributed by atoms with Gasteiger partial charge in [0, 0.05) is 12.1 Å². The number of nitrogens with zero attached hydrogens (tertiary/aromatic N) is 2. The minimum absolute atomic E-state index is 0.367. The summed E-state index contributed by atoms with van der Waals surface area (Å²) >= 11 is 13.7. The zero-order valence-corrected chi connectivity index (χ0v) is 17.3. The fourth-order valence-corrected chi connectivity index (χ4v) is 3.99. The molecule has 0 aliphatic heterocycles. The molecule has 2 aromatic carbocycles. The van der Waals surface area contributed by atoms with E-state index in [4.69, 9.17) is 27.9 Å². The molecule has 1 N–H and O–H groups in total. The molecule has 0 spiro atoms. The molecule has 144 valence electrons. The number of hydrogen-bond donors (Lipinski definition) is 1. The van der Waals surface area contributed by atoms with E-state index in [0.29, 0.717) is 32.1 Å². The van der Waals surface area contributed by atoms with Gasteiger partial charge in [-0.05, 0) is 12.1 Å². The van der Waals surface area contributed by atoms with Gasteiger partial charge in [0.1, 0.15) is 5.00 Å². The minimum Gasteiger partial charge on any atom is -0.453 e. The molecule has 1 aromatic heterocycles. The zero-order valence-electron chi connectivity index (χ0n) is 15.0. The molecule has 0 saturated carbocycles. The average Bonchev–Trinajstić information content (AvgIpc) is 3.03. The second-order valence-electron chi connectivity index (χ2n) is 5.63. The molecule has 0 atom stereocenters. The molecule has 0 aliphatic carbocycles. The SMILES string of the molecule is C=CCn1c(-c2ccccc2)c(NC(=O)OC)sc1=Nc1cccc(Cl)c1Cl. The summed E-state index contributed by atoms with van der Waals surface area (Å²) in [4.78, 5) is 17.2. The molecule has 1 amide bonds. The molecule has 0 saturated heterocycles. The Kier molecular flexibility index (Phi) is 6.57. The number of nitrogens with one attached hydrogen (secondary N) is 1. The molecule has 0 bridgehead atoms. The maximum Gasteiger partial charge on any atom is 0.412 e. The first kappa shape index (κ1) is 20.2. The van der Waals surface area contributed by atoms with Gasteiger partial charge in [-0.15, -0.1) is 6.58 Å². The van der Waals surface area contributed by atoms with Crippen LogP contribution in [-0.4, -0.2) is 17.8 Å². The first-order valence-corrected chi connectivity index (χ1v) is 9.86. The molecule has 1 heterocycles. The lowest BCUT2D eigenvalue weighted by Gasteiger charge is -2.10. The van der Waals surface area contributed by atoms with Crippen LogP contribution in [0.5, 0.6) is 0 Å².